The third kappa shape index (κ3) is 5.63. The van der Waals surface area contributed by atoms with Crippen molar-refractivity contribution in [3.05, 3.63) is 34.4 Å². The third-order valence-corrected chi connectivity index (χ3v) is 5.29. The minimum absolute atomic E-state index is 0. The van der Waals surface area contributed by atoms with Gasteiger partial charge in [0.15, 0.2) is 0 Å². The number of piperazine rings is 1. The molecule has 1 aromatic carbocycles. The molecule has 9 nitrogen and oxygen atoms in total. The lowest BCUT2D eigenvalue weighted by molar-refractivity contribution is -0.384. The topological polar surface area (TPSA) is 122 Å². The summed E-state index contributed by atoms with van der Waals surface area (Å²) < 4.78 is 26.6. The van der Waals surface area contributed by atoms with Gasteiger partial charge in [0, 0.05) is 50.8 Å². The number of halogens is 1. The largest absolute Gasteiger partial charge is 0.337 e. The van der Waals surface area contributed by atoms with Gasteiger partial charge in [-0.1, -0.05) is 0 Å². The van der Waals surface area contributed by atoms with Crippen LogP contribution >= 0.6 is 12.4 Å². The molecule has 2 rings (SSSR count). The Bertz CT molecular complexity index is 710. The number of nitrogens with one attached hydrogen (secondary N) is 2. The van der Waals surface area contributed by atoms with Crippen molar-refractivity contribution < 1.29 is 18.1 Å². The van der Waals surface area contributed by atoms with E-state index in [1.807, 2.05) is 6.92 Å². The molecular formula is C14H21ClN4O5S. The molecule has 0 bridgehead atoms. The fourth-order valence-corrected chi connectivity index (χ4v) is 3.51. The number of nitro benzene ring substituents is 1. The summed E-state index contributed by atoms with van der Waals surface area (Å²) in [4.78, 5) is 23.8. The molecule has 1 amide bonds. The molecule has 1 heterocycles. The predicted molar refractivity (Wildman–Crippen MR) is 94.2 cm³/mol. The van der Waals surface area contributed by atoms with E-state index in [4.69, 9.17) is 0 Å². The van der Waals surface area contributed by atoms with E-state index < -0.39 is 14.9 Å². The Hall–Kier alpha value is -1.75. The summed E-state index contributed by atoms with van der Waals surface area (Å²) in [5.41, 5.74) is -0.183. The predicted octanol–water partition coefficient (Wildman–Crippen LogP) is 0.505. The number of non-ortho nitro benzene ring substituents is 1. The van der Waals surface area contributed by atoms with E-state index in [0.29, 0.717) is 6.54 Å². The first kappa shape index (κ1) is 21.3. The standard InChI is InChI=1S/C14H20N4O5S.ClH/c1-11-10-15-8-9-17(11)14(19)6-7-16-24(22,23)13-4-2-12(3-5-13)18(20)21;/h2-5,11,15-16H,6-10H2,1H3;1H/t11-;/m1./s1. The maximum absolute atomic E-state index is 12.1. The minimum Gasteiger partial charge on any atom is -0.337 e. The van der Waals surface area contributed by atoms with Crippen LogP contribution in [0.1, 0.15) is 13.3 Å². The summed E-state index contributed by atoms with van der Waals surface area (Å²) in [6, 6.07) is 4.67. The summed E-state index contributed by atoms with van der Waals surface area (Å²) in [6.45, 7) is 3.97. The average molecular weight is 393 g/mol. The van der Waals surface area contributed by atoms with Gasteiger partial charge in [0.05, 0.1) is 9.82 Å². The van der Waals surface area contributed by atoms with Crippen molar-refractivity contribution >= 4 is 34.0 Å². The number of carbonyl (C=O) groups is 1. The van der Waals surface area contributed by atoms with Crippen molar-refractivity contribution in [1.29, 1.82) is 0 Å². The number of carbonyl (C=O) groups excluding carboxylic acids is 1. The molecule has 11 heteroatoms. The Morgan fingerprint density at radius 3 is 2.60 bits per heavy atom. The van der Waals surface area contributed by atoms with Crippen LogP contribution in [0.15, 0.2) is 29.2 Å². The highest BCUT2D eigenvalue weighted by Crippen LogP contribution is 2.15. The lowest BCUT2D eigenvalue weighted by Gasteiger charge is -2.34. The van der Waals surface area contributed by atoms with Gasteiger partial charge in [-0.25, -0.2) is 13.1 Å². The van der Waals surface area contributed by atoms with E-state index in [1.165, 1.54) is 12.1 Å². The lowest BCUT2D eigenvalue weighted by atomic mass is 10.2. The second kappa shape index (κ2) is 9.09. The van der Waals surface area contributed by atoms with Crippen LogP contribution in [0.2, 0.25) is 0 Å². The van der Waals surface area contributed by atoms with E-state index in [1.54, 1.807) is 4.90 Å². The summed E-state index contributed by atoms with van der Waals surface area (Å²) >= 11 is 0. The lowest BCUT2D eigenvalue weighted by Crippen LogP contribution is -2.52. The quantitative estimate of drug-likeness (QED) is 0.537. The van der Waals surface area contributed by atoms with Gasteiger partial charge >= 0.3 is 0 Å². The molecule has 25 heavy (non-hydrogen) atoms. The zero-order valence-electron chi connectivity index (χ0n) is 13.7. The summed E-state index contributed by atoms with van der Waals surface area (Å²) in [7, 11) is -3.80. The Morgan fingerprint density at radius 1 is 1.40 bits per heavy atom. The third-order valence-electron chi connectivity index (χ3n) is 3.81. The van der Waals surface area contributed by atoms with Gasteiger partial charge in [-0.15, -0.1) is 12.4 Å². The van der Waals surface area contributed by atoms with Gasteiger partial charge in [-0.2, -0.15) is 0 Å². The van der Waals surface area contributed by atoms with Gasteiger partial charge in [-0.05, 0) is 19.1 Å². The highest BCUT2D eigenvalue weighted by Gasteiger charge is 2.23. The number of amides is 1. The molecule has 2 N–H and O–H groups in total. The van der Waals surface area contributed by atoms with Crippen LogP contribution in [0, 0.1) is 10.1 Å². The van der Waals surface area contributed by atoms with Gasteiger partial charge in [-0.3, -0.25) is 14.9 Å². The van der Waals surface area contributed by atoms with Crippen LogP contribution in [0.3, 0.4) is 0 Å². The Kier molecular flexibility index (Phi) is 7.74. The normalized spacial score (nSPS) is 17.6. The molecule has 1 aliphatic rings. The first-order valence-electron chi connectivity index (χ1n) is 7.55. The summed E-state index contributed by atoms with van der Waals surface area (Å²) in [5.74, 6) is -0.101. The number of hydrogen-bond acceptors (Lipinski definition) is 6. The number of nitro groups is 1. The molecule has 1 aliphatic heterocycles. The molecule has 1 saturated heterocycles. The van der Waals surface area contributed by atoms with Crippen LogP contribution in [0.5, 0.6) is 0 Å². The highest BCUT2D eigenvalue weighted by molar-refractivity contribution is 7.89. The maximum atomic E-state index is 12.1. The van der Waals surface area contributed by atoms with Crippen molar-refractivity contribution in [2.75, 3.05) is 26.2 Å². The molecule has 1 fully saturated rings. The molecule has 140 valence electrons. The minimum atomic E-state index is -3.80. The van der Waals surface area contributed by atoms with Crippen LogP contribution in [0.25, 0.3) is 0 Å². The first-order valence-corrected chi connectivity index (χ1v) is 9.04. The number of rotatable bonds is 6. The fourth-order valence-electron chi connectivity index (χ4n) is 2.48. The van der Waals surface area contributed by atoms with Crippen LogP contribution in [0.4, 0.5) is 5.69 Å². The first-order chi connectivity index (χ1) is 11.3. The Labute approximate surface area is 152 Å². The van der Waals surface area contributed by atoms with Crippen molar-refractivity contribution in [3.63, 3.8) is 0 Å². The van der Waals surface area contributed by atoms with Crippen molar-refractivity contribution in [2.45, 2.75) is 24.3 Å². The average Bonchev–Trinajstić information content (AvgIpc) is 2.55. The Morgan fingerprint density at radius 2 is 2.04 bits per heavy atom. The summed E-state index contributed by atoms with van der Waals surface area (Å²) in [5, 5.41) is 13.8. The molecule has 1 aromatic rings. The molecule has 0 radical (unpaired) electrons. The van der Waals surface area contributed by atoms with E-state index in [0.717, 1.165) is 25.2 Å². The smallest absolute Gasteiger partial charge is 0.269 e. The van der Waals surface area contributed by atoms with E-state index in [9.17, 15) is 23.3 Å². The highest BCUT2D eigenvalue weighted by atomic mass is 35.5. The SMILES string of the molecule is C[C@@H]1CNCCN1C(=O)CCNS(=O)(=O)c1ccc([N+](=O)[O-])cc1.Cl. The van der Waals surface area contributed by atoms with Crippen LogP contribution < -0.4 is 10.0 Å². The van der Waals surface area contributed by atoms with Gasteiger partial charge < -0.3 is 10.2 Å². The van der Waals surface area contributed by atoms with E-state index in [2.05, 4.69) is 10.0 Å². The van der Waals surface area contributed by atoms with Crippen molar-refractivity contribution in [1.82, 2.24) is 14.9 Å². The molecule has 0 aromatic heterocycles. The summed E-state index contributed by atoms with van der Waals surface area (Å²) in [6.07, 6.45) is 0.0660. The van der Waals surface area contributed by atoms with Crippen molar-refractivity contribution in [3.8, 4) is 0 Å². The van der Waals surface area contributed by atoms with Gasteiger partial charge in [0.25, 0.3) is 5.69 Å². The monoisotopic (exact) mass is 392 g/mol. The number of hydrogen-bond donors (Lipinski definition) is 2. The molecule has 0 spiro atoms. The number of nitrogens with zero attached hydrogens (tertiary/aromatic N) is 2. The molecule has 0 saturated carbocycles. The zero-order chi connectivity index (χ0) is 17.7. The van der Waals surface area contributed by atoms with E-state index in [-0.39, 0.29) is 47.9 Å². The van der Waals surface area contributed by atoms with Crippen LogP contribution in [-0.4, -0.2) is 56.4 Å². The fraction of sp³-hybridized carbons (Fsp3) is 0.500. The molecular weight excluding hydrogens is 372 g/mol. The second-order valence-electron chi connectivity index (χ2n) is 5.54. The van der Waals surface area contributed by atoms with Crippen LogP contribution in [-0.2, 0) is 14.8 Å². The molecule has 1 atom stereocenters. The second-order valence-corrected chi connectivity index (χ2v) is 7.31. The van der Waals surface area contributed by atoms with Crippen molar-refractivity contribution in [2.24, 2.45) is 0 Å². The van der Waals surface area contributed by atoms with Gasteiger partial charge in [0.1, 0.15) is 0 Å². The van der Waals surface area contributed by atoms with Gasteiger partial charge in [0.2, 0.25) is 15.9 Å². The Balaban J connectivity index is 0.00000312. The van der Waals surface area contributed by atoms with E-state index >= 15 is 0 Å². The molecule has 0 unspecified atom stereocenters. The maximum Gasteiger partial charge on any atom is 0.269 e. The number of benzene rings is 1. The number of sulfonamides is 1. The molecule has 0 aliphatic carbocycles. The zero-order valence-corrected chi connectivity index (χ0v) is 15.3.